The van der Waals surface area contributed by atoms with Gasteiger partial charge in [-0.15, -0.1) is 0 Å². The third kappa shape index (κ3) is 5.50. The fraction of sp³-hybridized carbons (Fsp3) is 0.227. The molecule has 1 heterocycles. The van der Waals surface area contributed by atoms with Gasteiger partial charge >= 0.3 is 5.97 Å². The van der Waals surface area contributed by atoms with Gasteiger partial charge in [0, 0.05) is 25.5 Å². The third-order valence-corrected chi connectivity index (χ3v) is 4.58. The number of hydrogen-bond acceptors (Lipinski definition) is 4. The lowest BCUT2D eigenvalue weighted by atomic mass is 10.1. The fourth-order valence-electron chi connectivity index (χ4n) is 2.95. The molecule has 3 rings (SSSR count). The molecule has 0 aliphatic carbocycles. The van der Waals surface area contributed by atoms with Gasteiger partial charge in [-0.05, 0) is 41.5 Å². The molecule has 0 aliphatic rings. The summed E-state index contributed by atoms with van der Waals surface area (Å²) in [5, 5.41) is 4.15. The van der Waals surface area contributed by atoms with Crippen molar-refractivity contribution >= 4 is 11.9 Å². The second kappa shape index (κ2) is 9.78. The number of hydrogen-bond donors (Lipinski definition) is 0. The highest BCUT2D eigenvalue weighted by molar-refractivity contribution is 5.79. The van der Waals surface area contributed by atoms with Crippen LogP contribution in [0.2, 0.25) is 0 Å². The molecule has 0 aliphatic heterocycles. The van der Waals surface area contributed by atoms with E-state index in [0.29, 0.717) is 5.56 Å². The van der Waals surface area contributed by atoms with Gasteiger partial charge in [-0.3, -0.25) is 9.59 Å². The monoisotopic (exact) mass is 413 g/mol. The van der Waals surface area contributed by atoms with Crippen LogP contribution in [0.3, 0.4) is 0 Å². The minimum atomic E-state index is -0.984. The van der Waals surface area contributed by atoms with E-state index in [2.05, 4.69) is 9.84 Å². The molecule has 0 atom stereocenters. The molecule has 0 fully saturated rings. The molecule has 2 aromatic carbocycles. The molecule has 8 heteroatoms. The van der Waals surface area contributed by atoms with E-state index in [-0.39, 0.29) is 31.8 Å². The van der Waals surface area contributed by atoms with Crippen LogP contribution in [0.4, 0.5) is 8.78 Å². The average Bonchev–Trinajstić information content (AvgIpc) is 3.28. The zero-order chi connectivity index (χ0) is 21.5. The molecule has 0 N–H and O–H groups in total. The smallest absolute Gasteiger partial charge is 0.307 e. The summed E-state index contributed by atoms with van der Waals surface area (Å²) < 4.78 is 33.1. The number of aromatic nitrogens is 2. The van der Waals surface area contributed by atoms with Crippen molar-refractivity contribution in [3.63, 3.8) is 0 Å². The number of carbonyl (C=O) groups is 2. The highest BCUT2D eigenvalue weighted by atomic mass is 19.2. The first kappa shape index (κ1) is 21.2. The molecule has 1 aromatic heterocycles. The molecular weight excluding hydrogens is 392 g/mol. The Kier molecular flexibility index (Phi) is 6.90. The van der Waals surface area contributed by atoms with E-state index >= 15 is 0 Å². The number of nitrogens with zero attached hydrogens (tertiary/aromatic N) is 3. The van der Waals surface area contributed by atoms with Gasteiger partial charge in [-0.25, -0.2) is 13.5 Å². The Morgan fingerprint density at radius 1 is 1.07 bits per heavy atom. The molecule has 30 heavy (non-hydrogen) atoms. The lowest BCUT2D eigenvalue weighted by Crippen LogP contribution is -2.34. The Morgan fingerprint density at radius 2 is 1.80 bits per heavy atom. The topological polar surface area (TPSA) is 64.4 Å². The van der Waals surface area contributed by atoms with Crippen LogP contribution in [-0.2, 0) is 27.3 Å². The van der Waals surface area contributed by atoms with Crippen LogP contribution in [0, 0.1) is 11.6 Å². The largest absolute Gasteiger partial charge is 0.469 e. The van der Waals surface area contributed by atoms with Gasteiger partial charge in [-0.1, -0.05) is 18.2 Å². The summed E-state index contributed by atoms with van der Waals surface area (Å²) in [4.78, 5) is 25.8. The van der Waals surface area contributed by atoms with Crippen molar-refractivity contribution in [2.24, 2.45) is 0 Å². The van der Waals surface area contributed by atoms with Gasteiger partial charge < -0.3 is 9.64 Å². The molecule has 0 spiro atoms. The van der Waals surface area contributed by atoms with E-state index in [1.54, 1.807) is 10.9 Å². The summed E-state index contributed by atoms with van der Waals surface area (Å²) in [7, 11) is 1.27. The summed E-state index contributed by atoms with van der Waals surface area (Å²) in [5.74, 6) is -2.64. The molecule has 1 amide bonds. The Balaban J connectivity index is 1.71. The maximum atomic E-state index is 13.5. The molecule has 0 saturated heterocycles. The van der Waals surface area contributed by atoms with Crippen molar-refractivity contribution in [3.8, 4) is 5.69 Å². The normalized spacial score (nSPS) is 10.6. The van der Waals surface area contributed by atoms with Gasteiger partial charge in [0.15, 0.2) is 11.6 Å². The predicted octanol–water partition coefficient (Wildman–Crippen LogP) is 3.28. The minimum Gasteiger partial charge on any atom is -0.469 e. The van der Waals surface area contributed by atoms with Crippen LogP contribution >= 0.6 is 0 Å². The van der Waals surface area contributed by atoms with Gasteiger partial charge in [0.2, 0.25) is 5.91 Å². The molecule has 3 aromatic rings. The van der Waals surface area contributed by atoms with Crippen LogP contribution < -0.4 is 0 Å². The molecule has 0 radical (unpaired) electrons. The molecular formula is C22H21F2N3O3. The van der Waals surface area contributed by atoms with Crippen LogP contribution in [0.1, 0.15) is 17.5 Å². The second-order valence-corrected chi connectivity index (χ2v) is 6.68. The Hall–Kier alpha value is -3.55. The van der Waals surface area contributed by atoms with Crippen molar-refractivity contribution in [2.75, 3.05) is 13.7 Å². The van der Waals surface area contributed by atoms with Crippen LogP contribution in [0.25, 0.3) is 5.69 Å². The Bertz CT molecular complexity index is 1000. The van der Waals surface area contributed by atoms with Crippen molar-refractivity contribution < 1.29 is 23.1 Å². The van der Waals surface area contributed by atoms with Crippen LogP contribution in [0.15, 0.2) is 60.9 Å². The van der Waals surface area contributed by atoms with Crippen molar-refractivity contribution in [1.29, 1.82) is 0 Å². The third-order valence-electron chi connectivity index (χ3n) is 4.58. The highest BCUT2D eigenvalue weighted by Crippen LogP contribution is 2.14. The van der Waals surface area contributed by atoms with Crippen LogP contribution in [-0.4, -0.2) is 40.2 Å². The SMILES string of the molecule is COC(=O)CCN(Cc1ccc(F)c(F)c1)C(=O)Cc1ccc(-n2cccn2)cc1. The highest BCUT2D eigenvalue weighted by Gasteiger charge is 2.17. The van der Waals surface area contributed by atoms with Crippen molar-refractivity contribution in [2.45, 2.75) is 19.4 Å². The molecule has 0 unspecified atom stereocenters. The van der Waals surface area contributed by atoms with Gasteiger partial charge in [0.05, 0.1) is 25.6 Å². The first-order valence-corrected chi connectivity index (χ1v) is 9.33. The number of benzene rings is 2. The second-order valence-electron chi connectivity index (χ2n) is 6.68. The molecule has 0 bridgehead atoms. The average molecular weight is 413 g/mol. The number of rotatable bonds is 8. The number of methoxy groups -OCH3 is 1. The number of ether oxygens (including phenoxy) is 1. The van der Waals surface area contributed by atoms with E-state index < -0.39 is 17.6 Å². The van der Waals surface area contributed by atoms with Crippen molar-refractivity contribution in [3.05, 3.63) is 83.7 Å². The maximum Gasteiger partial charge on any atom is 0.307 e. The van der Waals surface area contributed by atoms with Gasteiger partial charge in [0.1, 0.15) is 0 Å². The predicted molar refractivity (Wildman–Crippen MR) is 106 cm³/mol. The lowest BCUT2D eigenvalue weighted by molar-refractivity contribution is -0.141. The van der Waals surface area contributed by atoms with E-state index in [1.165, 1.54) is 18.1 Å². The van der Waals surface area contributed by atoms with E-state index in [0.717, 1.165) is 23.4 Å². The molecule has 0 saturated carbocycles. The fourth-order valence-corrected chi connectivity index (χ4v) is 2.95. The van der Waals surface area contributed by atoms with E-state index in [4.69, 9.17) is 0 Å². The summed E-state index contributed by atoms with van der Waals surface area (Å²) >= 11 is 0. The van der Waals surface area contributed by atoms with Crippen molar-refractivity contribution in [1.82, 2.24) is 14.7 Å². The number of amides is 1. The molecule has 156 valence electrons. The summed E-state index contributed by atoms with van der Waals surface area (Å²) in [6.07, 6.45) is 3.60. The van der Waals surface area contributed by atoms with Gasteiger partial charge in [0.25, 0.3) is 0 Å². The van der Waals surface area contributed by atoms with E-state index in [1.807, 2.05) is 36.5 Å². The Labute approximate surface area is 172 Å². The van der Waals surface area contributed by atoms with E-state index in [9.17, 15) is 18.4 Å². The molecule has 6 nitrogen and oxygen atoms in total. The maximum absolute atomic E-state index is 13.5. The number of halogens is 2. The number of esters is 1. The summed E-state index contributed by atoms with van der Waals surface area (Å²) in [6, 6.07) is 12.6. The lowest BCUT2D eigenvalue weighted by Gasteiger charge is -2.23. The Morgan fingerprint density at radius 3 is 2.43 bits per heavy atom. The summed E-state index contributed by atoms with van der Waals surface area (Å²) in [5.41, 5.74) is 2.07. The number of carbonyl (C=O) groups excluding carboxylic acids is 2. The summed E-state index contributed by atoms with van der Waals surface area (Å²) in [6.45, 7) is 0.161. The zero-order valence-electron chi connectivity index (χ0n) is 16.4. The first-order valence-electron chi connectivity index (χ1n) is 9.33. The first-order chi connectivity index (χ1) is 14.5. The van der Waals surface area contributed by atoms with Crippen LogP contribution in [0.5, 0.6) is 0 Å². The van der Waals surface area contributed by atoms with Gasteiger partial charge in [-0.2, -0.15) is 5.10 Å². The zero-order valence-corrected chi connectivity index (χ0v) is 16.4. The standard InChI is InChI=1S/C22H21F2N3O3/c1-30-22(29)9-12-26(15-17-5-8-19(23)20(24)13-17)21(28)14-16-3-6-18(7-4-16)27-11-2-10-25-27/h2-8,10-11,13H,9,12,14-15H2,1H3. The quantitative estimate of drug-likeness (QED) is 0.532. The minimum absolute atomic E-state index is 0.00412.